The smallest absolute Gasteiger partial charge is 0.251 e. The number of carbonyl (C=O) groups excluding carboxylic acids is 2. The van der Waals surface area contributed by atoms with Gasteiger partial charge in [0.25, 0.3) is 5.91 Å². The van der Waals surface area contributed by atoms with Crippen LogP contribution in [0, 0.1) is 0 Å². The molecule has 0 saturated heterocycles. The number of aliphatic hydroxyl groups is 1. The minimum absolute atomic E-state index is 0.0220. The van der Waals surface area contributed by atoms with Gasteiger partial charge in [0, 0.05) is 29.6 Å². The lowest BCUT2D eigenvalue weighted by Crippen LogP contribution is -2.26. The Morgan fingerprint density at radius 2 is 1.61 bits per heavy atom. The highest BCUT2D eigenvalue weighted by Crippen LogP contribution is 2.09. The van der Waals surface area contributed by atoms with Gasteiger partial charge in [-0.1, -0.05) is 54.6 Å². The predicted molar refractivity (Wildman–Crippen MR) is 107 cm³/mol. The number of amides is 1. The third-order valence-electron chi connectivity index (χ3n) is 4.42. The third-order valence-corrected chi connectivity index (χ3v) is 4.42. The van der Waals surface area contributed by atoms with Crippen LogP contribution in [0.1, 0.15) is 37.5 Å². The first-order chi connectivity index (χ1) is 13.7. The molecule has 0 aliphatic heterocycles. The van der Waals surface area contributed by atoms with Gasteiger partial charge < -0.3 is 10.4 Å². The summed E-state index contributed by atoms with van der Waals surface area (Å²) in [6, 6.07) is 20.0. The largest absolute Gasteiger partial charge is 0.392 e. The normalized spacial score (nSPS) is 10.5. The minimum atomic E-state index is -0.192. The maximum absolute atomic E-state index is 12.4. The van der Waals surface area contributed by atoms with E-state index in [1.807, 2.05) is 42.5 Å². The standard InChI is InChI=1S/C23H22N2O3/c26-16-18-8-6-17(7-9-18)10-12-25-23(28)20-11-13-24-21(14-20)15-22(27)19-4-2-1-3-5-19/h1-9,11,13-14,26H,10,12,15-16H2,(H,25,28). The number of aromatic nitrogens is 1. The van der Waals surface area contributed by atoms with Gasteiger partial charge in [-0.05, 0) is 29.7 Å². The average molecular weight is 374 g/mol. The highest BCUT2D eigenvalue weighted by atomic mass is 16.3. The molecule has 28 heavy (non-hydrogen) atoms. The quantitative estimate of drug-likeness (QED) is 0.594. The third kappa shape index (κ3) is 5.34. The molecule has 0 radical (unpaired) electrons. The first kappa shape index (κ1) is 19.5. The van der Waals surface area contributed by atoms with Gasteiger partial charge in [-0.2, -0.15) is 0 Å². The molecule has 0 aliphatic carbocycles. The molecular weight excluding hydrogens is 352 g/mol. The Hall–Kier alpha value is -3.31. The highest BCUT2D eigenvalue weighted by Gasteiger charge is 2.11. The minimum Gasteiger partial charge on any atom is -0.392 e. The second-order valence-corrected chi connectivity index (χ2v) is 6.48. The molecule has 0 unspecified atom stereocenters. The van der Waals surface area contributed by atoms with E-state index in [9.17, 15) is 9.59 Å². The van der Waals surface area contributed by atoms with E-state index in [0.717, 1.165) is 11.1 Å². The van der Waals surface area contributed by atoms with E-state index in [4.69, 9.17) is 5.11 Å². The molecule has 5 nitrogen and oxygen atoms in total. The van der Waals surface area contributed by atoms with Crippen LogP contribution in [0.25, 0.3) is 0 Å². The Balaban J connectivity index is 1.55. The van der Waals surface area contributed by atoms with Crippen molar-refractivity contribution >= 4 is 11.7 Å². The second-order valence-electron chi connectivity index (χ2n) is 6.48. The summed E-state index contributed by atoms with van der Waals surface area (Å²) in [5, 5.41) is 11.9. The molecule has 0 atom stereocenters. The van der Waals surface area contributed by atoms with E-state index in [2.05, 4.69) is 10.3 Å². The van der Waals surface area contributed by atoms with Crippen LogP contribution in [-0.2, 0) is 19.4 Å². The fourth-order valence-corrected chi connectivity index (χ4v) is 2.84. The highest BCUT2D eigenvalue weighted by molar-refractivity contribution is 5.98. The van der Waals surface area contributed by atoms with Crippen LogP contribution in [0.3, 0.4) is 0 Å². The van der Waals surface area contributed by atoms with Crippen LogP contribution < -0.4 is 5.32 Å². The van der Waals surface area contributed by atoms with Crippen molar-refractivity contribution in [1.29, 1.82) is 0 Å². The number of Topliss-reactive ketones (excluding diaryl/α,β-unsaturated/α-hetero) is 1. The van der Waals surface area contributed by atoms with Crippen LogP contribution in [0.2, 0.25) is 0 Å². The first-order valence-corrected chi connectivity index (χ1v) is 9.16. The lowest BCUT2D eigenvalue weighted by atomic mass is 10.1. The molecular formula is C23H22N2O3. The van der Waals surface area contributed by atoms with Crippen LogP contribution in [0.15, 0.2) is 72.9 Å². The molecule has 2 aromatic carbocycles. The van der Waals surface area contributed by atoms with Crippen LogP contribution >= 0.6 is 0 Å². The zero-order valence-corrected chi connectivity index (χ0v) is 15.5. The van der Waals surface area contributed by atoms with Crippen molar-refractivity contribution in [3.8, 4) is 0 Å². The van der Waals surface area contributed by atoms with Crippen molar-refractivity contribution in [2.45, 2.75) is 19.4 Å². The lowest BCUT2D eigenvalue weighted by Gasteiger charge is -2.07. The number of aliphatic hydroxyl groups excluding tert-OH is 1. The van der Waals surface area contributed by atoms with Crippen molar-refractivity contribution in [2.75, 3.05) is 6.54 Å². The number of rotatable bonds is 8. The number of ketones is 1. The Kier molecular flexibility index (Phi) is 6.65. The zero-order valence-electron chi connectivity index (χ0n) is 15.5. The van der Waals surface area contributed by atoms with Gasteiger partial charge in [-0.25, -0.2) is 0 Å². The van der Waals surface area contributed by atoms with Gasteiger partial charge in [-0.3, -0.25) is 14.6 Å². The Labute approximate surface area is 164 Å². The van der Waals surface area contributed by atoms with Crippen LogP contribution in [0.5, 0.6) is 0 Å². The Morgan fingerprint density at radius 3 is 2.32 bits per heavy atom. The fourth-order valence-electron chi connectivity index (χ4n) is 2.84. The van der Waals surface area contributed by atoms with Gasteiger partial charge in [0.15, 0.2) is 5.78 Å². The molecule has 0 spiro atoms. The predicted octanol–water partition coefficient (Wildman–Crippen LogP) is 2.97. The van der Waals surface area contributed by atoms with Gasteiger partial charge in [0.1, 0.15) is 0 Å². The summed E-state index contributed by atoms with van der Waals surface area (Å²) in [4.78, 5) is 28.9. The molecule has 1 amide bonds. The Bertz CT molecular complexity index is 938. The van der Waals surface area contributed by atoms with Crippen molar-refractivity contribution in [1.82, 2.24) is 10.3 Å². The number of hydrogen-bond acceptors (Lipinski definition) is 4. The topological polar surface area (TPSA) is 79.3 Å². The van der Waals surface area contributed by atoms with Crippen molar-refractivity contribution in [3.05, 3.63) is 101 Å². The summed E-state index contributed by atoms with van der Waals surface area (Å²) in [7, 11) is 0. The SMILES string of the molecule is O=C(Cc1cc(C(=O)NCCc2ccc(CO)cc2)ccn1)c1ccccc1. The van der Waals surface area contributed by atoms with E-state index in [1.54, 1.807) is 30.5 Å². The summed E-state index contributed by atoms with van der Waals surface area (Å²) in [5.74, 6) is -0.222. The number of pyridine rings is 1. The maximum atomic E-state index is 12.4. The van der Waals surface area contributed by atoms with Crippen LogP contribution in [0.4, 0.5) is 0 Å². The van der Waals surface area contributed by atoms with Crippen molar-refractivity contribution in [2.24, 2.45) is 0 Å². The summed E-state index contributed by atoms with van der Waals surface area (Å²) < 4.78 is 0. The molecule has 0 fully saturated rings. The van der Waals surface area contributed by atoms with E-state index < -0.39 is 0 Å². The lowest BCUT2D eigenvalue weighted by molar-refractivity contribution is 0.0950. The molecule has 142 valence electrons. The molecule has 5 heteroatoms. The molecule has 1 heterocycles. The summed E-state index contributed by atoms with van der Waals surface area (Å²) in [5.41, 5.74) is 3.64. The van der Waals surface area contributed by atoms with Gasteiger partial charge in [0.2, 0.25) is 0 Å². The molecule has 2 N–H and O–H groups in total. The molecule has 0 aliphatic rings. The second kappa shape index (κ2) is 9.58. The first-order valence-electron chi connectivity index (χ1n) is 9.16. The summed E-state index contributed by atoms with van der Waals surface area (Å²) in [6.07, 6.45) is 2.40. The molecule has 1 aromatic heterocycles. The number of nitrogens with zero attached hydrogens (tertiary/aromatic N) is 1. The molecule has 0 bridgehead atoms. The van der Waals surface area contributed by atoms with Gasteiger partial charge in [0.05, 0.1) is 13.0 Å². The number of benzene rings is 2. The van der Waals surface area contributed by atoms with Crippen molar-refractivity contribution < 1.29 is 14.7 Å². The number of carbonyl (C=O) groups is 2. The average Bonchev–Trinajstić information content (AvgIpc) is 2.75. The summed E-state index contributed by atoms with van der Waals surface area (Å²) >= 11 is 0. The molecule has 3 aromatic rings. The monoisotopic (exact) mass is 374 g/mol. The fraction of sp³-hybridized carbons (Fsp3) is 0.174. The van der Waals surface area contributed by atoms with Gasteiger partial charge >= 0.3 is 0 Å². The summed E-state index contributed by atoms with van der Waals surface area (Å²) in [6.45, 7) is 0.520. The van der Waals surface area contributed by atoms with E-state index in [0.29, 0.717) is 29.8 Å². The van der Waals surface area contributed by atoms with Gasteiger partial charge in [-0.15, -0.1) is 0 Å². The molecule has 3 rings (SSSR count). The van der Waals surface area contributed by atoms with Crippen molar-refractivity contribution in [3.63, 3.8) is 0 Å². The van der Waals surface area contributed by atoms with E-state index in [-0.39, 0.29) is 24.7 Å². The number of nitrogens with one attached hydrogen (secondary N) is 1. The van der Waals surface area contributed by atoms with E-state index in [1.165, 1.54) is 0 Å². The van der Waals surface area contributed by atoms with E-state index >= 15 is 0 Å². The zero-order chi connectivity index (χ0) is 19.8. The van der Waals surface area contributed by atoms with Crippen LogP contribution in [-0.4, -0.2) is 28.3 Å². The Morgan fingerprint density at radius 1 is 0.893 bits per heavy atom. The molecule has 0 saturated carbocycles. The maximum Gasteiger partial charge on any atom is 0.251 e. The number of hydrogen-bond donors (Lipinski definition) is 2.